The maximum Gasteiger partial charge on any atom is 0.0614 e. The molecule has 3 nitrogen and oxygen atoms in total. The minimum Gasteiger partial charge on any atom is -0.397 e. The third-order valence-corrected chi connectivity index (χ3v) is 3.69. The highest BCUT2D eigenvalue weighted by molar-refractivity contribution is 6.42. The van der Waals surface area contributed by atoms with Gasteiger partial charge in [-0.1, -0.05) is 30.1 Å². The summed E-state index contributed by atoms with van der Waals surface area (Å²) < 4.78 is 0. The number of aliphatic hydroxyl groups is 1. The molecule has 0 aliphatic rings. The van der Waals surface area contributed by atoms with Gasteiger partial charge in [0.2, 0.25) is 0 Å². The average molecular weight is 277 g/mol. The number of aliphatic hydroxyl groups excluding tert-OH is 1. The van der Waals surface area contributed by atoms with E-state index in [1.807, 2.05) is 6.92 Å². The highest BCUT2D eigenvalue weighted by Crippen LogP contribution is 2.33. The second-order valence-electron chi connectivity index (χ2n) is 4.37. The molecule has 17 heavy (non-hydrogen) atoms. The number of hydrogen-bond donors (Lipinski definition) is 3. The topological polar surface area (TPSA) is 58.3 Å². The van der Waals surface area contributed by atoms with Crippen molar-refractivity contribution in [1.29, 1.82) is 0 Å². The van der Waals surface area contributed by atoms with Crippen molar-refractivity contribution >= 4 is 34.6 Å². The normalized spacial score (nSPS) is 14.4. The Kier molecular flexibility index (Phi) is 4.92. The molecule has 1 unspecified atom stereocenters. The van der Waals surface area contributed by atoms with Crippen molar-refractivity contribution in [2.45, 2.75) is 32.2 Å². The molecule has 0 aliphatic heterocycles. The van der Waals surface area contributed by atoms with Gasteiger partial charge >= 0.3 is 0 Å². The van der Waals surface area contributed by atoms with Crippen LogP contribution in [0.5, 0.6) is 0 Å². The van der Waals surface area contributed by atoms with E-state index < -0.39 is 0 Å². The molecule has 0 amide bonds. The molecule has 1 rings (SSSR count). The third-order valence-electron chi connectivity index (χ3n) is 2.97. The van der Waals surface area contributed by atoms with Crippen LogP contribution in [0.15, 0.2) is 12.1 Å². The number of rotatable bonds is 5. The monoisotopic (exact) mass is 276 g/mol. The zero-order valence-electron chi connectivity index (χ0n) is 10.1. The Balaban J connectivity index is 2.97. The van der Waals surface area contributed by atoms with Crippen molar-refractivity contribution in [3.8, 4) is 0 Å². The van der Waals surface area contributed by atoms with Gasteiger partial charge in [0.25, 0.3) is 0 Å². The summed E-state index contributed by atoms with van der Waals surface area (Å²) in [6.45, 7) is 4.21. The molecule has 0 saturated carbocycles. The highest BCUT2D eigenvalue weighted by Gasteiger charge is 2.22. The lowest BCUT2D eigenvalue weighted by atomic mass is 9.94. The van der Waals surface area contributed by atoms with Crippen LogP contribution in [0.1, 0.15) is 26.7 Å². The summed E-state index contributed by atoms with van der Waals surface area (Å²) in [7, 11) is 0. The first-order chi connectivity index (χ1) is 7.91. The van der Waals surface area contributed by atoms with E-state index in [9.17, 15) is 0 Å². The number of nitrogens with one attached hydrogen (secondary N) is 1. The molecule has 0 saturated heterocycles. The van der Waals surface area contributed by atoms with E-state index in [4.69, 9.17) is 34.0 Å². The molecule has 0 aliphatic carbocycles. The molecule has 4 N–H and O–H groups in total. The summed E-state index contributed by atoms with van der Waals surface area (Å²) >= 11 is 11.8. The first-order valence-electron chi connectivity index (χ1n) is 5.55. The van der Waals surface area contributed by atoms with Gasteiger partial charge in [0.15, 0.2) is 0 Å². The van der Waals surface area contributed by atoms with Crippen LogP contribution in [0, 0.1) is 0 Å². The lowest BCUT2D eigenvalue weighted by Gasteiger charge is -2.31. The summed E-state index contributed by atoms with van der Waals surface area (Å²) in [6.07, 6.45) is 1.51. The molecule has 0 heterocycles. The smallest absolute Gasteiger partial charge is 0.0614 e. The number of hydrogen-bond acceptors (Lipinski definition) is 3. The SMILES string of the molecule is CCC(C)(CCO)Nc1cc(Cl)c(Cl)cc1N. The van der Waals surface area contributed by atoms with Gasteiger partial charge < -0.3 is 16.2 Å². The Morgan fingerprint density at radius 3 is 2.47 bits per heavy atom. The number of nitrogen functional groups attached to an aromatic ring is 1. The van der Waals surface area contributed by atoms with Crippen molar-refractivity contribution in [2.75, 3.05) is 17.7 Å². The lowest BCUT2D eigenvalue weighted by molar-refractivity contribution is 0.252. The van der Waals surface area contributed by atoms with Crippen molar-refractivity contribution in [3.63, 3.8) is 0 Å². The maximum atomic E-state index is 9.06. The molecule has 0 aromatic heterocycles. The number of benzene rings is 1. The summed E-state index contributed by atoms with van der Waals surface area (Å²) in [5.74, 6) is 0. The standard InChI is InChI=1S/C12H18Cl2N2O/c1-3-12(2,4-5-17)16-11-7-9(14)8(13)6-10(11)15/h6-7,16-17H,3-5,15H2,1-2H3. The highest BCUT2D eigenvalue weighted by atomic mass is 35.5. The minimum absolute atomic E-state index is 0.124. The molecule has 0 radical (unpaired) electrons. The first-order valence-corrected chi connectivity index (χ1v) is 6.31. The maximum absolute atomic E-state index is 9.06. The quantitative estimate of drug-likeness (QED) is 0.721. The molecule has 1 atom stereocenters. The van der Waals surface area contributed by atoms with Gasteiger partial charge in [-0.25, -0.2) is 0 Å². The van der Waals surface area contributed by atoms with E-state index in [0.29, 0.717) is 22.2 Å². The van der Waals surface area contributed by atoms with E-state index in [2.05, 4.69) is 12.2 Å². The fraction of sp³-hybridized carbons (Fsp3) is 0.500. The summed E-state index contributed by atoms with van der Waals surface area (Å²) in [5.41, 5.74) is 6.97. The molecule has 5 heteroatoms. The Labute approximate surface area is 112 Å². The second kappa shape index (κ2) is 5.80. The first kappa shape index (κ1) is 14.4. The Bertz CT molecular complexity index is 398. The molecular weight excluding hydrogens is 259 g/mol. The van der Waals surface area contributed by atoms with E-state index in [0.717, 1.165) is 12.1 Å². The van der Waals surface area contributed by atoms with Crippen LogP contribution in [0.25, 0.3) is 0 Å². The van der Waals surface area contributed by atoms with Crippen LogP contribution in [0.4, 0.5) is 11.4 Å². The van der Waals surface area contributed by atoms with Gasteiger partial charge in [-0.2, -0.15) is 0 Å². The minimum atomic E-state index is -0.208. The average Bonchev–Trinajstić information content (AvgIpc) is 2.26. The van der Waals surface area contributed by atoms with Crippen LogP contribution in [0.2, 0.25) is 10.0 Å². The molecule has 0 fully saturated rings. The largest absolute Gasteiger partial charge is 0.397 e. The molecular formula is C12H18Cl2N2O. The van der Waals surface area contributed by atoms with Gasteiger partial charge in [-0.3, -0.25) is 0 Å². The van der Waals surface area contributed by atoms with E-state index in [1.165, 1.54) is 0 Å². The fourth-order valence-electron chi connectivity index (χ4n) is 1.57. The van der Waals surface area contributed by atoms with Crippen LogP contribution < -0.4 is 11.1 Å². The van der Waals surface area contributed by atoms with Crippen molar-refractivity contribution in [3.05, 3.63) is 22.2 Å². The van der Waals surface area contributed by atoms with Crippen molar-refractivity contribution in [1.82, 2.24) is 0 Å². The second-order valence-corrected chi connectivity index (χ2v) is 5.18. The van der Waals surface area contributed by atoms with E-state index >= 15 is 0 Å². The number of nitrogens with two attached hydrogens (primary N) is 1. The van der Waals surface area contributed by atoms with Gasteiger partial charge in [0, 0.05) is 12.1 Å². The summed E-state index contributed by atoms with van der Waals surface area (Å²) in [5, 5.41) is 13.3. The fourth-order valence-corrected chi connectivity index (χ4v) is 1.91. The molecule has 96 valence electrons. The van der Waals surface area contributed by atoms with Gasteiger partial charge in [-0.05, 0) is 31.9 Å². The predicted octanol–water partition coefficient (Wildman–Crippen LogP) is 3.54. The third kappa shape index (κ3) is 3.66. The Morgan fingerprint density at radius 1 is 1.35 bits per heavy atom. The van der Waals surface area contributed by atoms with Crippen molar-refractivity contribution in [2.24, 2.45) is 0 Å². The number of halogens is 2. The Hall–Kier alpha value is -0.640. The van der Waals surface area contributed by atoms with Crippen molar-refractivity contribution < 1.29 is 5.11 Å². The van der Waals surface area contributed by atoms with Crippen LogP contribution >= 0.6 is 23.2 Å². The summed E-state index contributed by atoms with van der Waals surface area (Å²) in [6, 6.07) is 3.34. The number of anilines is 2. The molecule has 0 spiro atoms. The Morgan fingerprint density at radius 2 is 1.94 bits per heavy atom. The van der Waals surface area contributed by atoms with E-state index in [-0.39, 0.29) is 12.1 Å². The lowest BCUT2D eigenvalue weighted by Crippen LogP contribution is -2.35. The summed E-state index contributed by atoms with van der Waals surface area (Å²) in [4.78, 5) is 0. The zero-order chi connectivity index (χ0) is 13.1. The molecule has 1 aromatic carbocycles. The van der Waals surface area contributed by atoms with Crippen LogP contribution in [-0.4, -0.2) is 17.3 Å². The molecule has 1 aromatic rings. The van der Waals surface area contributed by atoms with Crippen LogP contribution in [0.3, 0.4) is 0 Å². The van der Waals surface area contributed by atoms with Crippen LogP contribution in [-0.2, 0) is 0 Å². The molecule has 0 bridgehead atoms. The van der Waals surface area contributed by atoms with Gasteiger partial charge in [0.05, 0.1) is 21.4 Å². The predicted molar refractivity (Wildman–Crippen MR) is 74.9 cm³/mol. The zero-order valence-corrected chi connectivity index (χ0v) is 11.6. The van der Waals surface area contributed by atoms with E-state index in [1.54, 1.807) is 12.1 Å². The van der Waals surface area contributed by atoms with Gasteiger partial charge in [-0.15, -0.1) is 0 Å². The van der Waals surface area contributed by atoms with Gasteiger partial charge in [0.1, 0.15) is 0 Å².